The van der Waals surface area contributed by atoms with E-state index in [4.69, 9.17) is 5.73 Å². The van der Waals surface area contributed by atoms with Gasteiger partial charge in [-0.15, -0.1) is 0 Å². The van der Waals surface area contributed by atoms with E-state index >= 15 is 0 Å². The first-order chi connectivity index (χ1) is 8.65. The van der Waals surface area contributed by atoms with E-state index in [1.54, 1.807) is 18.0 Å². The van der Waals surface area contributed by atoms with Crippen molar-refractivity contribution in [2.45, 2.75) is 6.54 Å². The zero-order chi connectivity index (χ0) is 13.1. The highest BCUT2D eigenvalue weighted by Gasteiger charge is 2.22. The number of nitrogens with zero attached hydrogens (tertiary/aromatic N) is 3. The summed E-state index contributed by atoms with van der Waals surface area (Å²) in [5.74, 6) is 0.0769. The molecule has 1 aliphatic rings. The van der Waals surface area contributed by atoms with Gasteiger partial charge in [-0.05, 0) is 17.7 Å². The van der Waals surface area contributed by atoms with Crippen LogP contribution >= 0.6 is 0 Å². The van der Waals surface area contributed by atoms with Crippen molar-refractivity contribution < 1.29 is 4.79 Å². The van der Waals surface area contributed by atoms with E-state index in [9.17, 15) is 10.1 Å². The van der Waals surface area contributed by atoms with Gasteiger partial charge in [0.2, 0.25) is 5.91 Å². The number of carbonyl (C=O) groups is 1. The molecule has 0 aliphatic carbocycles. The Labute approximate surface area is 106 Å². The lowest BCUT2D eigenvalue weighted by Gasteiger charge is -2.34. The topological polar surface area (TPSA) is 73.4 Å². The third kappa shape index (κ3) is 2.29. The van der Waals surface area contributed by atoms with Crippen LogP contribution in [0, 0.1) is 11.3 Å². The number of hydrogen-bond donors (Lipinski definition) is 1. The molecule has 2 rings (SSSR count). The van der Waals surface area contributed by atoms with Crippen LogP contribution in [0.1, 0.15) is 11.1 Å². The number of piperazine rings is 1. The molecule has 1 aliphatic heterocycles. The van der Waals surface area contributed by atoms with Gasteiger partial charge in [0.15, 0.2) is 0 Å². The van der Waals surface area contributed by atoms with Crippen LogP contribution < -0.4 is 10.6 Å². The van der Waals surface area contributed by atoms with Crippen molar-refractivity contribution in [3.05, 3.63) is 29.3 Å². The molecule has 2 N–H and O–H groups in total. The SMILES string of the molecule is CN1CCN(c2ccc(CN)cc2C#N)CC1=O. The summed E-state index contributed by atoms with van der Waals surface area (Å²) < 4.78 is 0. The standard InChI is InChI=1S/C13H16N4O/c1-16-4-5-17(9-13(16)18)12-3-2-10(7-14)6-11(12)8-15/h2-3,6H,4-5,7,9,14H2,1H3. The molecule has 0 aromatic heterocycles. The molecule has 1 fully saturated rings. The minimum absolute atomic E-state index is 0.0769. The number of amides is 1. The fourth-order valence-corrected chi connectivity index (χ4v) is 2.04. The zero-order valence-corrected chi connectivity index (χ0v) is 10.4. The number of hydrogen-bond acceptors (Lipinski definition) is 4. The third-order valence-corrected chi connectivity index (χ3v) is 3.22. The van der Waals surface area contributed by atoms with Crippen molar-refractivity contribution in [2.75, 3.05) is 31.6 Å². The first-order valence-electron chi connectivity index (χ1n) is 5.87. The van der Waals surface area contributed by atoms with Crippen LogP contribution in [0.4, 0.5) is 5.69 Å². The predicted molar refractivity (Wildman–Crippen MR) is 68.9 cm³/mol. The molecule has 0 bridgehead atoms. The van der Waals surface area contributed by atoms with Gasteiger partial charge in [-0.1, -0.05) is 6.07 Å². The molecule has 0 saturated carbocycles. The van der Waals surface area contributed by atoms with Gasteiger partial charge < -0.3 is 15.5 Å². The summed E-state index contributed by atoms with van der Waals surface area (Å²) in [6.07, 6.45) is 0. The quantitative estimate of drug-likeness (QED) is 0.811. The number of benzene rings is 1. The normalized spacial score (nSPS) is 15.7. The van der Waals surface area contributed by atoms with Crippen LogP contribution in [0.5, 0.6) is 0 Å². The summed E-state index contributed by atoms with van der Waals surface area (Å²) >= 11 is 0. The molecule has 94 valence electrons. The molecule has 1 aromatic rings. The molecule has 18 heavy (non-hydrogen) atoms. The Morgan fingerprint density at radius 3 is 2.83 bits per heavy atom. The number of nitrogens with two attached hydrogens (primary N) is 1. The maximum Gasteiger partial charge on any atom is 0.241 e. The molecule has 1 heterocycles. The molecule has 0 radical (unpaired) electrons. The van der Waals surface area contributed by atoms with Crippen molar-refractivity contribution in [1.82, 2.24) is 4.90 Å². The molecule has 0 spiro atoms. The second kappa shape index (κ2) is 5.07. The van der Waals surface area contributed by atoms with Crippen molar-refractivity contribution >= 4 is 11.6 Å². The number of likely N-dealkylation sites (N-methyl/N-ethyl adjacent to an activating group) is 1. The fraction of sp³-hybridized carbons (Fsp3) is 0.385. The average Bonchev–Trinajstić information content (AvgIpc) is 2.41. The van der Waals surface area contributed by atoms with Crippen molar-refractivity contribution in [3.8, 4) is 6.07 Å². The minimum Gasteiger partial charge on any atom is -0.359 e. The van der Waals surface area contributed by atoms with Gasteiger partial charge in [0.25, 0.3) is 0 Å². The van der Waals surface area contributed by atoms with Crippen LogP contribution in [0.3, 0.4) is 0 Å². The zero-order valence-electron chi connectivity index (χ0n) is 10.4. The largest absolute Gasteiger partial charge is 0.359 e. The highest BCUT2D eigenvalue weighted by Crippen LogP contribution is 2.22. The first kappa shape index (κ1) is 12.4. The monoisotopic (exact) mass is 244 g/mol. The maximum absolute atomic E-state index is 11.7. The van der Waals surface area contributed by atoms with E-state index < -0.39 is 0 Å². The third-order valence-electron chi connectivity index (χ3n) is 3.22. The lowest BCUT2D eigenvalue weighted by molar-refractivity contribution is -0.129. The van der Waals surface area contributed by atoms with E-state index in [-0.39, 0.29) is 5.91 Å². The number of rotatable bonds is 2. The fourth-order valence-electron chi connectivity index (χ4n) is 2.04. The van der Waals surface area contributed by atoms with E-state index in [2.05, 4.69) is 6.07 Å². The molecule has 1 amide bonds. The van der Waals surface area contributed by atoms with E-state index in [1.165, 1.54) is 0 Å². The Hall–Kier alpha value is -2.06. The lowest BCUT2D eigenvalue weighted by atomic mass is 10.1. The summed E-state index contributed by atoms with van der Waals surface area (Å²) in [5, 5.41) is 9.17. The molecule has 1 saturated heterocycles. The van der Waals surface area contributed by atoms with Crippen LogP contribution in [-0.2, 0) is 11.3 Å². The van der Waals surface area contributed by atoms with Crippen LogP contribution in [-0.4, -0.2) is 37.5 Å². The van der Waals surface area contributed by atoms with Gasteiger partial charge in [0, 0.05) is 26.7 Å². The highest BCUT2D eigenvalue weighted by atomic mass is 16.2. The molecule has 0 unspecified atom stereocenters. The average molecular weight is 244 g/mol. The molecule has 5 heteroatoms. The minimum atomic E-state index is 0.0769. The smallest absolute Gasteiger partial charge is 0.241 e. The van der Waals surface area contributed by atoms with Gasteiger partial charge >= 0.3 is 0 Å². The summed E-state index contributed by atoms with van der Waals surface area (Å²) in [5.41, 5.74) is 7.88. The Balaban J connectivity index is 2.28. The molecular formula is C13H16N4O. The summed E-state index contributed by atoms with van der Waals surface area (Å²) in [7, 11) is 1.79. The molecule has 1 aromatic carbocycles. The summed E-state index contributed by atoms with van der Waals surface area (Å²) in [6, 6.07) is 7.74. The summed E-state index contributed by atoms with van der Waals surface area (Å²) in [6.45, 7) is 2.17. The van der Waals surface area contributed by atoms with E-state index in [0.717, 1.165) is 17.8 Å². The molecular weight excluding hydrogens is 228 g/mol. The van der Waals surface area contributed by atoms with E-state index in [0.29, 0.717) is 25.2 Å². The van der Waals surface area contributed by atoms with Gasteiger partial charge in [-0.25, -0.2) is 0 Å². The van der Waals surface area contributed by atoms with Gasteiger partial charge in [-0.2, -0.15) is 5.26 Å². The van der Waals surface area contributed by atoms with Gasteiger partial charge in [0.1, 0.15) is 6.07 Å². The van der Waals surface area contributed by atoms with Crippen molar-refractivity contribution in [3.63, 3.8) is 0 Å². The Morgan fingerprint density at radius 2 is 2.22 bits per heavy atom. The van der Waals surface area contributed by atoms with Crippen molar-refractivity contribution in [2.24, 2.45) is 5.73 Å². The highest BCUT2D eigenvalue weighted by molar-refractivity contribution is 5.83. The Kier molecular flexibility index (Phi) is 3.49. The Morgan fingerprint density at radius 1 is 1.44 bits per heavy atom. The Bertz CT molecular complexity index is 506. The van der Waals surface area contributed by atoms with Crippen LogP contribution in [0.25, 0.3) is 0 Å². The van der Waals surface area contributed by atoms with Crippen molar-refractivity contribution in [1.29, 1.82) is 5.26 Å². The summed E-state index contributed by atoms with van der Waals surface area (Å²) in [4.78, 5) is 15.3. The van der Waals surface area contributed by atoms with E-state index in [1.807, 2.05) is 17.0 Å². The lowest BCUT2D eigenvalue weighted by Crippen LogP contribution is -2.48. The number of carbonyl (C=O) groups excluding carboxylic acids is 1. The predicted octanol–water partition coefficient (Wildman–Crippen LogP) is 0.295. The van der Waals surface area contributed by atoms with Gasteiger partial charge in [-0.3, -0.25) is 4.79 Å². The molecule has 5 nitrogen and oxygen atoms in total. The first-order valence-corrected chi connectivity index (χ1v) is 5.87. The number of nitriles is 1. The van der Waals surface area contributed by atoms with Gasteiger partial charge in [0.05, 0.1) is 17.8 Å². The van der Waals surface area contributed by atoms with Crippen LogP contribution in [0.15, 0.2) is 18.2 Å². The van der Waals surface area contributed by atoms with Crippen LogP contribution in [0.2, 0.25) is 0 Å². The second-order valence-corrected chi connectivity index (χ2v) is 4.40. The number of anilines is 1. The molecule has 0 atom stereocenters. The maximum atomic E-state index is 11.7. The second-order valence-electron chi connectivity index (χ2n) is 4.40.